The lowest BCUT2D eigenvalue weighted by Gasteiger charge is -2.09. The number of halogens is 1. The molecule has 3 nitrogen and oxygen atoms in total. The second-order valence-electron chi connectivity index (χ2n) is 3.72. The van der Waals surface area contributed by atoms with E-state index in [9.17, 15) is 9.90 Å². The average molecular weight is 246 g/mol. The lowest BCUT2D eigenvalue weighted by Crippen LogP contribution is -2.32. The molecule has 2 rings (SSSR count). The van der Waals surface area contributed by atoms with E-state index in [0.29, 0.717) is 21.7 Å². The third-order valence-electron chi connectivity index (χ3n) is 2.43. The molecule has 0 aromatic carbocycles. The Hall–Kier alpha value is -0.580. The summed E-state index contributed by atoms with van der Waals surface area (Å²) in [4.78, 5) is 12.1. The molecule has 82 valence electrons. The minimum atomic E-state index is -0.399. The first-order chi connectivity index (χ1) is 7.16. The van der Waals surface area contributed by atoms with Gasteiger partial charge in [0.25, 0.3) is 5.91 Å². The topological polar surface area (TPSA) is 49.3 Å². The largest absolute Gasteiger partial charge is 0.391 e. The quantitative estimate of drug-likeness (QED) is 0.851. The zero-order chi connectivity index (χ0) is 10.8. The van der Waals surface area contributed by atoms with Crippen LogP contribution in [0.15, 0.2) is 12.1 Å². The molecule has 0 aliphatic heterocycles. The van der Waals surface area contributed by atoms with Crippen molar-refractivity contribution in [3.63, 3.8) is 0 Å². The van der Waals surface area contributed by atoms with E-state index in [1.807, 2.05) is 0 Å². The zero-order valence-corrected chi connectivity index (χ0v) is 9.64. The smallest absolute Gasteiger partial charge is 0.261 e. The number of carbonyl (C=O) groups excluding carboxylic acids is 1. The van der Waals surface area contributed by atoms with Gasteiger partial charge in [-0.25, -0.2) is 0 Å². The first-order valence-electron chi connectivity index (χ1n) is 4.88. The maximum atomic E-state index is 11.5. The number of hydrogen-bond acceptors (Lipinski definition) is 3. The van der Waals surface area contributed by atoms with Crippen LogP contribution in [0.25, 0.3) is 0 Å². The Labute approximate surface area is 97.1 Å². The van der Waals surface area contributed by atoms with Crippen LogP contribution in [0.2, 0.25) is 4.34 Å². The van der Waals surface area contributed by atoms with Gasteiger partial charge in [-0.1, -0.05) is 11.6 Å². The SMILES string of the molecule is O=C(NCC(O)C1CC1)c1ccc(Cl)s1. The Bertz CT molecular complexity index is 362. The third kappa shape index (κ3) is 2.93. The molecule has 2 N–H and O–H groups in total. The van der Waals surface area contributed by atoms with E-state index in [1.165, 1.54) is 11.3 Å². The van der Waals surface area contributed by atoms with Crippen LogP contribution in [0.3, 0.4) is 0 Å². The van der Waals surface area contributed by atoms with Crippen molar-refractivity contribution in [3.05, 3.63) is 21.3 Å². The molecule has 1 fully saturated rings. The van der Waals surface area contributed by atoms with Gasteiger partial charge in [0.05, 0.1) is 15.3 Å². The Morgan fingerprint density at radius 3 is 2.93 bits per heavy atom. The summed E-state index contributed by atoms with van der Waals surface area (Å²) in [5.74, 6) is 0.226. The fourth-order valence-electron chi connectivity index (χ4n) is 1.37. The number of aliphatic hydroxyl groups excluding tert-OH is 1. The maximum absolute atomic E-state index is 11.5. The van der Waals surface area contributed by atoms with Crippen LogP contribution in [0, 0.1) is 5.92 Å². The molecule has 1 saturated carbocycles. The number of nitrogens with one attached hydrogen (secondary N) is 1. The minimum absolute atomic E-state index is 0.161. The average Bonchev–Trinajstić information content (AvgIpc) is 2.97. The van der Waals surface area contributed by atoms with E-state index in [1.54, 1.807) is 12.1 Å². The molecular weight excluding hydrogens is 234 g/mol. The van der Waals surface area contributed by atoms with Gasteiger partial charge in [-0.3, -0.25) is 4.79 Å². The van der Waals surface area contributed by atoms with Gasteiger partial charge in [0.2, 0.25) is 0 Å². The monoisotopic (exact) mass is 245 g/mol. The number of carbonyl (C=O) groups is 1. The van der Waals surface area contributed by atoms with Crippen LogP contribution in [-0.2, 0) is 0 Å². The molecular formula is C10H12ClNO2S. The molecule has 0 bridgehead atoms. The van der Waals surface area contributed by atoms with Crippen molar-refractivity contribution in [1.29, 1.82) is 0 Å². The fourth-order valence-corrected chi connectivity index (χ4v) is 2.33. The highest BCUT2D eigenvalue weighted by atomic mass is 35.5. The van der Waals surface area contributed by atoms with Crippen LogP contribution in [0.4, 0.5) is 0 Å². The predicted octanol–water partition coefficient (Wildman–Crippen LogP) is 1.90. The predicted molar refractivity (Wildman–Crippen MR) is 60.4 cm³/mol. The van der Waals surface area contributed by atoms with Crippen molar-refractivity contribution < 1.29 is 9.90 Å². The summed E-state index contributed by atoms with van der Waals surface area (Å²) in [7, 11) is 0. The Morgan fingerprint density at radius 1 is 1.67 bits per heavy atom. The number of hydrogen-bond donors (Lipinski definition) is 2. The molecule has 1 heterocycles. The van der Waals surface area contributed by atoms with Gasteiger partial charge in [0, 0.05) is 6.54 Å². The first-order valence-corrected chi connectivity index (χ1v) is 6.08. The first kappa shape index (κ1) is 10.9. The van der Waals surface area contributed by atoms with Crippen LogP contribution in [0.1, 0.15) is 22.5 Å². The van der Waals surface area contributed by atoms with Crippen LogP contribution >= 0.6 is 22.9 Å². The summed E-state index contributed by atoms with van der Waals surface area (Å²) < 4.78 is 0.600. The van der Waals surface area contributed by atoms with Crippen LogP contribution < -0.4 is 5.32 Å². The number of rotatable bonds is 4. The molecule has 15 heavy (non-hydrogen) atoms. The molecule has 1 aliphatic rings. The normalized spacial score (nSPS) is 17.5. The molecule has 1 aromatic rings. The molecule has 1 aromatic heterocycles. The van der Waals surface area contributed by atoms with E-state index in [-0.39, 0.29) is 5.91 Å². The Balaban J connectivity index is 1.81. The van der Waals surface area contributed by atoms with Gasteiger partial charge in [-0.05, 0) is 30.9 Å². The zero-order valence-electron chi connectivity index (χ0n) is 8.07. The van der Waals surface area contributed by atoms with E-state index < -0.39 is 6.10 Å². The van der Waals surface area contributed by atoms with E-state index in [4.69, 9.17) is 11.6 Å². The standard InChI is InChI=1S/C10H12ClNO2S/c11-9-4-3-8(15-9)10(14)12-5-7(13)6-1-2-6/h3-4,6-7,13H,1-2,5H2,(H,12,14). The van der Waals surface area contributed by atoms with Crippen molar-refractivity contribution in [2.24, 2.45) is 5.92 Å². The van der Waals surface area contributed by atoms with Gasteiger partial charge < -0.3 is 10.4 Å². The van der Waals surface area contributed by atoms with Crippen LogP contribution in [0.5, 0.6) is 0 Å². The molecule has 5 heteroatoms. The van der Waals surface area contributed by atoms with Crippen molar-refractivity contribution in [1.82, 2.24) is 5.32 Å². The van der Waals surface area contributed by atoms with E-state index >= 15 is 0 Å². The number of thiophene rings is 1. The van der Waals surface area contributed by atoms with Crippen molar-refractivity contribution in [2.75, 3.05) is 6.54 Å². The molecule has 1 aliphatic carbocycles. The molecule has 1 atom stereocenters. The molecule has 0 spiro atoms. The van der Waals surface area contributed by atoms with E-state index in [2.05, 4.69) is 5.32 Å². The summed E-state index contributed by atoms with van der Waals surface area (Å²) in [6.45, 7) is 0.332. The third-order valence-corrected chi connectivity index (χ3v) is 3.66. The lowest BCUT2D eigenvalue weighted by atomic mass is 10.2. The highest BCUT2D eigenvalue weighted by molar-refractivity contribution is 7.17. The Morgan fingerprint density at radius 2 is 2.40 bits per heavy atom. The molecule has 1 unspecified atom stereocenters. The van der Waals surface area contributed by atoms with Crippen LogP contribution in [-0.4, -0.2) is 23.7 Å². The van der Waals surface area contributed by atoms with Gasteiger partial charge >= 0.3 is 0 Å². The van der Waals surface area contributed by atoms with Crippen molar-refractivity contribution >= 4 is 28.8 Å². The summed E-state index contributed by atoms with van der Waals surface area (Å²) in [6.07, 6.45) is 1.74. The summed E-state index contributed by atoms with van der Waals surface area (Å²) in [5, 5.41) is 12.2. The van der Waals surface area contributed by atoms with Gasteiger partial charge in [0.1, 0.15) is 0 Å². The van der Waals surface area contributed by atoms with Crippen molar-refractivity contribution in [3.8, 4) is 0 Å². The Kier molecular flexibility index (Phi) is 3.29. The summed E-state index contributed by atoms with van der Waals surface area (Å²) >= 11 is 6.96. The van der Waals surface area contributed by atoms with Gasteiger partial charge in [-0.15, -0.1) is 11.3 Å². The molecule has 0 radical (unpaired) electrons. The van der Waals surface area contributed by atoms with Gasteiger partial charge in [-0.2, -0.15) is 0 Å². The molecule has 1 amide bonds. The van der Waals surface area contributed by atoms with E-state index in [0.717, 1.165) is 12.8 Å². The molecule has 0 saturated heterocycles. The maximum Gasteiger partial charge on any atom is 0.261 e. The summed E-state index contributed by atoms with van der Waals surface area (Å²) in [5.41, 5.74) is 0. The van der Waals surface area contributed by atoms with Gasteiger partial charge in [0.15, 0.2) is 0 Å². The number of aliphatic hydroxyl groups is 1. The minimum Gasteiger partial charge on any atom is -0.391 e. The second kappa shape index (κ2) is 4.51. The highest BCUT2D eigenvalue weighted by Crippen LogP contribution is 2.32. The highest BCUT2D eigenvalue weighted by Gasteiger charge is 2.29. The summed E-state index contributed by atoms with van der Waals surface area (Å²) in [6, 6.07) is 3.38. The lowest BCUT2D eigenvalue weighted by molar-refractivity contribution is 0.0905. The number of amides is 1. The van der Waals surface area contributed by atoms with Crippen molar-refractivity contribution in [2.45, 2.75) is 18.9 Å². The fraction of sp³-hybridized carbons (Fsp3) is 0.500. The second-order valence-corrected chi connectivity index (χ2v) is 5.43.